The van der Waals surface area contributed by atoms with Gasteiger partial charge in [-0.3, -0.25) is 4.79 Å². The molecular weight excluding hydrogens is 232 g/mol. The van der Waals surface area contributed by atoms with Crippen LogP contribution < -0.4 is 5.73 Å². The molecule has 6 heteroatoms. The second-order valence-corrected chi connectivity index (χ2v) is 4.06. The van der Waals surface area contributed by atoms with E-state index < -0.39 is 0 Å². The minimum absolute atomic E-state index is 0.139. The summed E-state index contributed by atoms with van der Waals surface area (Å²) in [6, 6.07) is 0. The number of aromatic nitrogens is 3. The van der Waals surface area contributed by atoms with Crippen LogP contribution in [0.5, 0.6) is 0 Å². The molecule has 0 fully saturated rings. The molecule has 0 saturated heterocycles. The van der Waals surface area contributed by atoms with Crippen molar-refractivity contribution in [2.24, 2.45) is 0 Å². The van der Waals surface area contributed by atoms with Gasteiger partial charge < -0.3 is 15.0 Å². The third kappa shape index (κ3) is 1.90. The molecule has 0 unspecified atom stereocenters. The topological polar surface area (TPSA) is 83.0 Å². The van der Waals surface area contributed by atoms with Crippen molar-refractivity contribution in [3.8, 4) is 0 Å². The summed E-state index contributed by atoms with van der Waals surface area (Å²) < 4.78 is 6.76. The Kier molecular flexibility index (Phi) is 3.18. The molecule has 0 aromatic carbocycles. The zero-order valence-electron chi connectivity index (χ0n) is 10.7. The number of rotatable bonds is 3. The Morgan fingerprint density at radius 1 is 1.44 bits per heavy atom. The molecule has 0 saturated carbocycles. The average molecular weight is 248 g/mol. The van der Waals surface area contributed by atoms with Gasteiger partial charge in [0.25, 0.3) is 0 Å². The van der Waals surface area contributed by atoms with Gasteiger partial charge in [0.05, 0.1) is 12.0 Å². The molecular formula is C12H16N4O2. The summed E-state index contributed by atoms with van der Waals surface area (Å²) in [6.07, 6.45) is 1.40. The fourth-order valence-electron chi connectivity index (χ4n) is 2.03. The number of esters is 1. The van der Waals surface area contributed by atoms with Crippen LogP contribution in [0, 0.1) is 13.8 Å². The first-order chi connectivity index (χ1) is 8.56. The summed E-state index contributed by atoms with van der Waals surface area (Å²) in [5.74, 6) is 0.151. The lowest BCUT2D eigenvalue weighted by Crippen LogP contribution is -2.14. The third-order valence-corrected chi connectivity index (χ3v) is 3.03. The van der Waals surface area contributed by atoms with Crippen molar-refractivity contribution in [1.82, 2.24) is 14.5 Å². The minimum Gasteiger partial charge on any atom is -0.465 e. The lowest BCUT2D eigenvalue weighted by Gasteiger charge is -2.06. The van der Waals surface area contributed by atoms with Crippen LogP contribution in [0.2, 0.25) is 0 Å². The smallest absolute Gasteiger partial charge is 0.326 e. The molecule has 2 rings (SSSR count). The number of anilines is 1. The van der Waals surface area contributed by atoms with Crippen molar-refractivity contribution in [2.45, 2.75) is 27.3 Å². The number of hydrogen-bond donors (Lipinski definition) is 1. The monoisotopic (exact) mass is 248 g/mol. The van der Waals surface area contributed by atoms with Gasteiger partial charge in [-0.2, -0.15) is 0 Å². The summed E-state index contributed by atoms with van der Waals surface area (Å²) in [5.41, 5.74) is 8.46. The van der Waals surface area contributed by atoms with Crippen molar-refractivity contribution in [3.63, 3.8) is 0 Å². The number of aryl methyl sites for hydroxylation is 1. The summed E-state index contributed by atoms with van der Waals surface area (Å²) >= 11 is 0. The van der Waals surface area contributed by atoms with Gasteiger partial charge in [0.2, 0.25) is 0 Å². The Morgan fingerprint density at radius 2 is 2.17 bits per heavy atom. The predicted molar refractivity (Wildman–Crippen MR) is 68.0 cm³/mol. The van der Waals surface area contributed by atoms with Gasteiger partial charge in [-0.25, -0.2) is 9.97 Å². The highest BCUT2D eigenvalue weighted by Gasteiger charge is 2.17. The SMILES string of the molecule is CCOC(=O)Cn1c(C)c(C)c2c(N)ncnc21. The lowest BCUT2D eigenvalue weighted by molar-refractivity contribution is -0.143. The molecule has 2 aromatic rings. The molecule has 0 bridgehead atoms. The molecule has 0 aliphatic heterocycles. The van der Waals surface area contributed by atoms with E-state index in [1.54, 1.807) is 11.5 Å². The molecule has 18 heavy (non-hydrogen) atoms. The Balaban J connectivity index is 2.54. The fraction of sp³-hybridized carbons (Fsp3) is 0.417. The Labute approximate surface area is 105 Å². The van der Waals surface area contributed by atoms with Crippen LogP contribution in [-0.4, -0.2) is 27.1 Å². The second kappa shape index (κ2) is 4.64. The molecule has 2 aromatic heterocycles. The number of hydrogen-bond acceptors (Lipinski definition) is 5. The van der Waals surface area contributed by atoms with Gasteiger partial charge >= 0.3 is 5.97 Å². The first-order valence-electron chi connectivity index (χ1n) is 5.77. The molecule has 0 radical (unpaired) electrons. The predicted octanol–water partition coefficient (Wildman–Crippen LogP) is 1.19. The Morgan fingerprint density at radius 3 is 2.83 bits per heavy atom. The van der Waals surface area contributed by atoms with E-state index in [9.17, 15) is 4.79 Å². The number of carbonyl (C=O) groups is 1. The van der Waals surface area contributed by atoms with Crippen LogP contribution in [0.1, 0.15) is 18.2 Å². The number of nitrogens with zero attached hydrogens (tertiary/aromatic N) is 3. The highest BCUT2D eigenvalue weighted by molar-refractivity contribution is 5.91. The van der Waals surface area contributed by atoms with Gasteiger partial charge in [0.1, 0.15) is 24.3 Å². The van der Waals surface area contributed by atoms with E-state index in [2.05, 4.69) is 9.97 Å². The van der Waals surface area contributed by atoms with Crippen LogP contribution in [0.25, 0.3) is 11.0 Å². The summed E-state index contributed by atoms with van der Waals surface area (Å²) in [7, 11) is 0. The maximum atomic E-state index is 11.6. The fourth-order valence-corrected chi connectivity index (χ4v) is 2.03. The van der Waals surface area contributed by atoms with E-state index in [-0.39, 0.29) is 12.5 Å². The first-order valence-corrected chi connectivity index (χ1v) is 5.77. The molecule has 0 spiro atoms. The zero-order valence-corrected chi connectivity index (χ0v) is 10.7. The largest absolute Gasteiger partial charge is 0.465 e. The molecule has 0 aliphatic rings. The zero-order chi connectivity index (χ0) is 13.3. The molecule has 0 aliphatic carbocycles. The van der Waals surface area contributed by atoms with E-state index in [0.29, 0.717) is 18.1 Å². The highest BCUT2D eigenvalue weighted by atomic mass is 16.5. The number of ether oxygens (including phenoxy) is 1. The Hall–Kier alpha value is -2.11. The lowest BCUT2D eigenvalue weighted by atomic mass is 10.2. The quantitative estimate of drug-likeness (QED) is 0.825. The molecule has 96 valence electrons. The third-order valence-electron chi connectivity index (χ3n) is 3.03. The molecule has 6 nitrogen and oxygen atoms in total. The standard InChI is InChI=1S/C12H16N4O2/c1-4-18-9(17)5-16-8(3)7(2)10-11(13)14-6-15-12(10)16/h6H,4-5H2,1-3H3,(H2,13,14,15). The van der Waals surface area contributed by atoms with Gasteiger partial charge in [-0.15, -0.1) is 0 Å². The van der Waals surface area contributed by atoms with E-state index in [4.69, 9.17) is 10.5 Å². The van der Waals surface area contributed by atoms with E-state index in [0.717, 1.165) is 16.6 Å². The van der Waals surface area contributed by atoms with Gasteiger partial charge in [-0.1, -0.05) is 0 Å². The van der Waals surface area contributed by atoms with E-state index in [1.807, 2.05) is 13.8 Å². The molecule has 0 atom stereocenters. The minimum atomic E-state index is -0.283. The van der Waals surface area contributed by atoms with Crippen LogP contribution in [-0.2, 0) is 16.1 Å². The van der Waals surface area contributed by atoms with Crippen molar-refractivity contribution < 1.29 is 9.53 Å². The Bertz CT molecular complexity index is 604. The van der Waals surface area contributed by atoms with Crippen molar-refractivity contribution in [2.75, 3.05) is 12.3 Å². The van der Waals surface area contributed by atoms with Crippen molar-refractivity contribution in [3.05, 3.63) is 17.6 Å². The summed E-state index contributed by atoms with van der Waals surface area (Å²) in [6.45, 7) is 6.16. The first kappa shape index (κ1) is 12.3. The van der Waals surface area contributed by atoms with Crippen LogP contribution in [0.3, 0.4) is 0 Å². The van der Waals surface area contributed by atoms with Crippen LogP contribution >= 0.6 is 0 Å². The average Bonchev–Trinajstić information content (AvgIpc) is 2.56. The summed E-state index contributed by atoms with van der Waals surface area (Å²) in [4.78, 5) is 19.8. The number of nitrogen functional groups attached to an aromatic ring is 1. The highest BCUT2D eigenvalue weighted by Crippen LogP contribution is 2.26. The van der Waals surface area contributed by atoms with Crippen molar-refractivity contribution >= 4 is 22.8 Å². The number of fused-ring (bicyclic) bond motifs is 1. The second-order valence-electron chi connectivity index (χ2n) is 4.06. The summed E-state index contributed by atoms with van der Waals surface area (Å²) in [5, 5.41) is 0.805. The number of carbonyl (C=O) groups excluding carboxylic acids is 1. The van der Waals surface area contributed by atoms with E-state index >= 15 is 0 Å². The van der Waals surface area contributed by atoms with E-state index in [1.165, 1.54) is 6.33 Å². The maximum Gasteiger partial charge on any atom is 0.326 e. The molecule has 0 amide bonds. The van der Waals surface area contributed by atoms with Gasteiger partial charge in [-0.05, 0) is 26.3 Å². The van der Waals surface area contributed by atoms with Crippen LogP contribution in [0.4, 0.5) is 5.82 Å². The van der Waals surface area contributed by atoms with Gasteiger partial charge in [0.15, 0.2) is 0 Å². The molecule has 2 heterocycles. The van der Waals surface area contributed by atoms with Crippen molar-refractivity contribution in [1.29, 1.82) is 0 Å². The normalized spacial score (nSPS) is 10.8. The van der Waals surface area contributed by atoms with Crippen LogP contribution in [0.15, 0.2) is 6.33 Å². The molecule has 2 N–H and O–H groups in total. The maximum absolute atomic E-state index is 11.6. The number of nitrogens with two attached hydrogens (primary N) is 1. The van der Waals surface area contributed by atoms with Gasteiger partial charge in [0, 0.05) is 5.69 Å².